The molecule has 0 unspecified atom stereocenters. The van der Waals surface area contributed by atoms with Crippen LogP contribution in [-0.4, -0.2) is 10.2 Å². The molecule has 0 amide bonds. The SMILES string of the molecule is CCc1cc(O)cc(CC)c1CC.CCc1ccccc1O. The Labute approximate surface area is 134 Å². The van der Waals surface area contributed by atoms with Gasteiger partial charge in [0, 0.05) is 0 Å². The number of aromatic hydroxyl groups is 2. The van der Waals surface area contributed by atoms with Crippen molar-refractivity contribution in [3.63, 3.8) is 0 Å². The largest absolute Gasteiger partial charge is 0.508 e. The average molecular weight is 300 g/mol. The summed E-state index contributed by atoms with van der Waals surface area (Å²) in [7, 11) is 0. The van der Waals surface area contributed by atoms with Crippen LogP contribution in [0.3, 0.4) is 0 Å². The molecule has 0 radical (unpaired) electrons. The Kier molecular flexibility index (Phi) is 7.51. The zero-order chi connectivity index (χ0) is 16.5. The first-order valence-corrected chi connectivity index (χ1v) is 8.17. The van der Waals surface area contributed by atoms with E-state index in [1.807, 2.05) is 37.3 Å². The Morgan fingerprint density at radius 3 is 1.55 bits per heavy atom. The summed E-state index contributed by atoms with van der Waals surface area (Å²) in [5, 5.41) is 18.6. The van der Waals surface area contributed by atoms with Gasteiger partial charge in [-0.15, -0.1) is 0 Å². The van der Waals surface area contributed by atoms with Crippen LogP contribution < -0.4 is 0 Å². The standard InChI is InChI=1S/C12H18O.C8H10O/c1-4-9-7-11(13)8-10(5-2)12(9)6-3;1-2-7-5-3-4-6-8(7)9/h7-8,13H,4-6H2,1-3H3;3-6,9H,2H2,1H3. The summed E-state index contributed by atoms with van der Waals surface area (Å²) in [5.41, 5.74) is 5.01. The van der Waals surface area contributed by atoms with E-state index >= 15 is 0 Å². The molecule has 2 heteroatoms. The maximum atomic E-state index is 9.48. The summed E-state index contributed by atoms with van der Waals surface area (Å²) in [6.45, 7) is 8.46. The molecule has 0 saturated heterocycles. The molecule has 2 N–H and O–H groups in total. The fraction of sp³-hybridized carbons (Fsp3) is 0.400. The lowest BCUT2D eigenvalue weighted by Crippen LogP contribution is -1.97. The molecule has 0 heterocycles. The third-order valence-corrected chi connectivity index (χ3v) is 3.91. The van der Waals surface area contributed by atoms with Crippen molar-refractivity contribution in [3.05, 3.63) is 58.7 Å². The van der Waals surface area contributed by atoms with Crippen LogP contribution in [0.5, 0.6) is 11.5 Å². The van der Waals surface area contributed by atoms with Gasteiger partial charge in [0.05, 0.1) is 0 Å². The highest BCUT2D eigenvalue weighted by Crippen LogP contribution is 2.23. The van der Waals surface area contributed by atoms with E-state index in [0.717, 1.165) is 31.2 Å². The lowest BCUT2D eigenvalue weighted by molar-refractivity contribution is 0.469. The predicted molar refractivity (Wildman–Crippen MR) is 93.7 cm³/mol. The highest BCUT2D eigenvalue weighted by molar-refractivity contribution is 5.41. The molecule has 0 aromatic heterocycles. The smallest absolute Gasteiger partial charge is 0.118 e. The molecule has 0 aliphatic rings. The highest BCUT2D eigenvalue weighted by Gasteiger charge is 2.06. The average Bonchev–Trinajstić information content (AvgIpc) is 2.54. The molecule has 22 heavy (non-hydrogen) atoms. The van der Waals surface area contributed by atoms with Crippen molar-refractivity contribution < 1.29 is 10.2 Å². The predicted octanol–water partition coefficient (Wildman–Crippen LogP) is 5.03. The van der Waals surface area contributed by atoms with E-state index in [9.17, 15) is 5.11 Å². The van der Waals surface area contributed by atoms with Gasteiger partial charge < -0.3 is 10.2 Å². The second-order valence-corrected chi connectivity index (χ2v) is 5.29. The summed E-state index contributed by atoms with van der Waals surface area (Å²) in [5.74, 6) is 0.811. The molecule has 0 aliphatic heterocycles. The third-order valence-electron chi connectivity index (χ3n) is 3.91. The van der Waals surface area contributed by atoms with E-state index in [2.05, 4.69) is 20.8 Å². The maximum absolute atomic E-state index is 9.48. The Bertz CT molecular complexity index is 563. The zero-order valence-electron chi connectivity index (χ0n) is 14.2. The molecule has 0 bridgehead atoms. The van der Waals surface area contributed by atoms with Crippen LogP contribution in [0.15, 0.2) is 36.4 Å². The van der Waals surface area contributed by atoms with E-state index in [4.69, 9.17) is 5.11 Å². The number of aryl methyl sites for hydroxylation is 3. The molecule has 2 nitrogen and oxygen atoms in total. The molecule has 0 fully saturated rings. The summed E-state index contributed by atoms with van der Waals surface area (Å²) in [6.07, 6.45) is 3.97. The minimum atomic E-state index is 0.403. The topological polar surface area (TPSA) is 40.5 Å². The van der Waals surface area contributed by atoms with Crippen molar-refractivity contribution in [3.8, 4) is 11.5 Å². The fourth-order valence-electron chi connectivity index (χ4n) is 2.67. The van der Waals surface area contributed by atoms with Gasteiger partial charge >= 0.3 is 0 Å². The molecule has 0 spiro atoms. The van der Waals surface area contributed by atoms with E-state index in [1.165, 1.54) is 16.7 Å². The molecule has 0 aliphatic carbocycles. The van der Waals surface area contributed by atoms with Crippen molar-refractivity contribution in [1.29, 1.82) is 0 Å². The van der Waals surface area contributed by atoms with Crippen molar-refractivity contribution in [2.45, 2.75) is 53.4 Å². The summed E-state index contributed by atoms with van der Waals surface area (Å²) in [4.78, 5) is 0. The van der Waals surface area contributed by atoms with Gasteiger partial charge in [-0.25, -0.2) is 0 Å². The second kappa shape index (κ2) is 9.14. The van der Waals surface area contributed by atoms with Crippen LogP contribution in [0, 0.1) is 0 Å². The van der Waals surface area contributed by atoms with Gasteiger partial charge in [-0.2, -0.15) is 0 Å². The summed E-state index contributed by atoms with van der Waals surface area (Å²) >= 11 is 0. The fourth-order valence-corrected chi connectivity index (χ4v) is 2.67. The molecule has 2 aromatic carbocycles. The minimum Gasteiger partial charge on any atom is -0.508 e. The Hall–Kier alpha value is -1.96. The number of hydrogen-bond donors (Lipinski definition) is 2. The van der Waals surface area contributed by atoms with Gasteiger partial charge in [-0.1, -0.05) is 45.9 Å². The van der Waals surface area contributed by atoms with Crippen LogP contribution in [0.1, 0.15) is 49.9 Å². The van der Waals surface area contributed by atoms with Crippen LogP contribution in [0.4, 0.5) is 0 Å². The number of benzene rings is 2. The molecular weight excluding hydrogens is 272 g/mol. The van der Waals surface area contributed by atoms with Crippen LogP contribution in [-0.2, 0) is 25.7 Å². The molecule has 0 atom stereocenters. The number of rotatable bonds is 4. The molecule has 0 saturated carbocycles. The van der Waals surface area contributed by atoms with Gasteiger partial charge in [-0.3, -0.25) is 0 Å². The first kappa shape index (κ1) is 18.1. The van der Waals surface area contributed by atoms with E-state index in [-0.39, 0.29) is 0 Å². The van der Waals surface area contributed by atoms with Crippen molar-refractivity contribution in [2.24, 2.45) is 0 Å². The Morgan fingerprint density at radius 2 is 1.18 bits per heavy atom. The van der Waals surface area contributed by atoms with E-state index < -0.39 is 0 Å². The number of para-hydroxylation sites is 1. The molecular formula is C20H28O2. The number of phenolic OH excluding ortho intramolecular Hbond substituents is 2. The van der Waals surface area contributed by atoms with Gasteiger partial charge in [0.2, 0.25) is 0 Å². The molecule has 2 rings (SSSR count). The first-order chi connectivity index (χ1) is 10.6. The zero-order valence-corrected chi connectivity index (χ0v) is 14.2. The summed E-state index contributed by atoms with van der Waals surface area (Å²) < 4.78 is 0. The van der Waals surface area contributed by atoms with Gasteiger partial charge in [-0.05, 0) is 66.1 Å². The van der Waals surface area contributed by atoms with Gasteiger partial charge in [0.1, 0.15) is 11.5 Å². The number of phenols is 2. The second-order valence-electron chi connectivity index (χ2n) is 5.29. The summed E-state index contributed by atoms with van der Waals surface area (Å²) in [6, 6.07) is 11.2. The molecule has 120 valence electrons. The van der Waals surface area contributed by atoms with Crippen LogP contribution in [0.2, 0.25) is 0 Å². The Morgan fingerprint density at radius 1 is 0.682 bits per heavy atom. The first-order valence-electron chi connectivity index (χ1n) is 8.17. The third kappa shape index (κ3) is 4.80. The van der Waals surface area contributed by atoms with Crippen molar-refractivity contribution in [2.75, 3.05) is 0 Å². The van der Waals surface area contributed by atoms with Crippen LogP contribution >= 0.6 is 0 Å². The Balaban J connectivity index is 0.000000235. The van der Waals surface area contributed by atoms with Crippen molar-refractivity contribution in [1.82, 2.24) is 0 Å². The normalized spacial score (nSPS) is 10.0. The van der Waals surface area contributed by atoms with E-state index in [0.29, 0.717) is 11.5 Å². The maximum Gasteiger partial charge on any atom is 0.118 e. The van der Waals surface area contributed by atoms with Gasteiger partial charge in [0.25, 0.3) is 0 Å². The van der Waals surface area contributed by atoms with Crippen LogP contribution in [0.25, 0.3) is 0 Å². The minimum absolute atomic E-state index is 0.403. The molecule has 2 aromatic rings. The number of hydrogen-bond acceptors (Lipinski definition) is 2. The van der Waals surface area contributed by atoms with Crippen molar-refractivity contribution >= 4 is 0 Å². The lowest BCUT2D eigenvalue weighted by Gasteiger charge is -2.11. The quantitative estimate of drug-likeness (QED) is 0.831. The van der Waals surface area contributed by atoms with Gasteiger partial charge in [0.15, 0.2) is 0 Å². The monoisotopic (exact) mass is 300 g/mol. The highest BCUT2D eigenvalue weighted by atomic mass is 16.3. The lowest BCUT2D eigenvalue weighted by atomic mass is 9.95. The van der Waals surface area contributed by atoms with E-state index in [1.54, 1.807) is 6.07 Å².